The molecule has 0 fully saturated rings. The van der Waals surface area contributed by atoms with Crippen LogP contribution in [0, 0.1) is 0 Å². The molecule has 1 aliphatic heterocycles. The van der Waals surface area contributed by atoms with Gasteiger partial charge in [0, 0.05) is 13.1 Å². The first kappa shape index (κ1) is 10.4. The summed E-state index contributed by atoms with van der Waals surface area (Å²) in [5.41, 5.74) is 0. The number of nitrogens with zero attached hydrogens (tertiary/aromatic N) is 3. The van der Waals surface area contributed by atoms with Crippen LogP contribution in [0.15, 0.2) is 0 Å². The Morgan fingerprint density at radius 3 is 2.80 bits per heavy atom. The number of rotatable bonds is 1. The standard InChI is InChI=1S/C8H11F3N4/c1-2-5-6-13-14-7(8(9,10)11)15(6)4-3-12-5/h5,12H,2-4H2,1H3/t5-/m0/s1. The number of fused-ring (bicyclic) bond motifs is 1. The third-order valence-corrected chi connectivity index (χ3v) is 2.48. The van der Waals surface area contributed by atoms with E-state index in [1.807, 2.05) is 6.92 Å². The molecule has 0 spiro atoms. The second-order valence-corrected chi connectivity index (χ2v) is 3.45. The van der Waals surface area contributed by atoms with E-state index in [0.717, 1.165) is 4.57 Å². The molecule has 0 bridgehead atoms. The summed E-state index contributed by atoms with van der Waals surface area (Å²) in [6.07, 6.45) is -3.71. The Labute approximate surface area is 84.5 Å². The molecule has 0 radical (unpaired) electrons. The monoisotopic (exact) mass is 220 g/mol. The summed E-state index contributed by atoms with van der Waals surface area (Å²) < 4.78 is 38.6. The molecular formula is C8H11F3N4. The number of hydrogen-bond acceptors (Lipinski definition) is 3. The normalized spacial score (nSPS) is 21.5. The van der Waals surface area contributed by atoms with Crippen molar-refractivity contribution in [3.8, 4) is 0 Å². The van der Waals surface area contributed by atoms with E-state index in [1.54, 1.807) is 0 Å². The topological polar surface area (TPSA) is 42.7 Å². The van der Waals surface area contributed by atoms with E-state index in [0.29, 0.717) is 18.8 Å². The highest BCUT2D eigenvalue weighted by Crippen LogP contribution is 2.30. The molecule has 1 aromatic rings. The van der Waals surface area contributed by atoms with Crippen molar-refractivity contribution >= 4 is 0 Å². The lowest BCUT2D eigenvalue weighted by molar-refractivity contribution is -0.147. The van der Waals surface area contributed by atoms with Crippen molar-refractivity contribution < 1.29 is 13.2 Å². The summed E-state index contributed by atoms with van der Waals surface area (Å²) in [5, 5.41) is 9.92. The summed E-state index contributed by atoms with van der Waals surface area (Å²) in [7, 11) is 0. The van der Waals surface area contributed by atoms with E-state index in [1.165, 1.54) is 0 Å². The SMILES string of the molecule is CC[C@@H]1NCCn2c1nnc2C(F)(F)F. The van der Waals surface area contributed by atoms with E-state index in [2.05, 4.69) is 15.5 Å². The average molecular weight is 220 g/mol. The molecule has 0 aromatic carbocycles. The summed E-state index contributed by atoms with van der Waals surface area (Å²) in [6, 6.07) is -0.123. The van der Waals surface area contributed by atoms with Crippen molar-refractivity contribution in [2.24, 2.45) is 0 Å². The van der Waals surface area contributed by atoms with Crippen molar-refractivity contribution in [1.29, 1.82) is 0 Å². The van der Waals surface area contributed by atoms with Crippen LogP contribution < -0.4 is 5.32 Å². The average Bonchev–Trinajstić information content (AvgIpc) is 2.59. The van der Waals surface area contributed by atoms with Gasteiger partial charge < -0.3 is 9.88 Å². The summed E-state index contributed by atoms with van der Waals surface area (Å²) >= 11 is 0. The summed E-state index contributed by atoms with van der Waals surface area (Å²) in [5.74, 6) is -0.506. The predicted octanol–water partition coefficient (Wildman–Crippen LogP) is 1.35. The van der Waals surface area contributed by atoms with Crippen molar-refractivity contribution in [3.63, 3.8) is 0 Å². The highest BCUT2D eigenvalue weighted by Gasteiger charge is 2.39. The molecule has 7 heteroatoms. The highest BCUT2D eigenvalue weighted by molar-refractivity contribution is 5.06. The molecule has 0 unspecified atom stereocenters. The molecule has 0 saturated heterocycles. The molecule has 0 aliphatic carbocycles. The molecule has 0 saturated carbocycles. The van der Waals surface area contributed by atoms with Crippen LogP contribution in [0.4, 0.5) is 13.2 Å². The maximum atomic E-state index is 12.5. The Hall–Kier alpha value is -1.11. The number of nitrogens with one attached hydrogen (secondary N) is 1. The molecule has 2 rings (SSSR count). The van der Waals surface area contributed by atoms with Crippen LogP contribution in [0.3, 0.4) is 0 Å². The Balaban J connectivity index is 2.42. The first-order valence-corrected chi connectivity index (χ1v) is 4.77. The fraction of sp³-hybridized carbons (Fsp3) is 0.750. The molecule has 2 heterocycles. The molecule has 0 amide bonds. The van der Waals surface area contributed by atoms with E-state index in [4.69, 9.17) is 0 Å². The van der Waals surface area contributed by atoms with Gasteiger partial charge in [-0.3, -0.25) is 0 Å². The van der Waals surface area contributed by atoms with Crippen molar-refractivity contribution in [3.05, 3.63) is 11.6 Å². The summed E-state index contributed by atoms with van der Waals surface area (Å²) in [4.78, 5) is 0. The lowest BCUT2D eigenvalue weighted by atomic mass is 10.2. The third-order valence-electron chi connectivity index (χ3n) is 2.48. The molecule has 1 N–H and O–H groups in total. The van der Waals surface area contributed by atoms with Crippen molar-refractivity contribution in [1.82, 2.24) is 20.1 Å². The largest absolute Gasteiger partial charge is 0.451 e. The second kappa shape index (κ2) is 3.48. The lowest BCUT2D eigenvalue weighted by Crippen LogP contribution is -2.34. The zero-order valence-electron chi connectivity index (χ0n) is 8.17. The molecule has 4 nitrogen and oxygen atoms in total. The van der Waals surface area contributed by atoms with Gasteiger partial charge in [-0.25, -0.2) is 0 Å². The van der Waals surface area contributed by atoms with Crippen molar-refractivity contribution in [2.45, 2.75) is 32.1 Å². The van der Waals surface area contributed by atoms with Gasteiger partial charge in [0.25, 0.3) is 0 Å². The Morgan fingerprint density at radius 1 is 1.47 bits per heavy atom. The number of halogens is 3. The Morgan fingerprint density at radius 2 is 2.20 bits per heavy atom. The molecule has 1 aromatic heterocycles. The van der Waals surface area contributed by atoms with Gasteiger partial charge in [-0.2, -0.15) is 13.2 Å². The predicted molar refractivity (Wildman–Crippen MR) is 46.1 cm³/mol. The fourth-order valence-electron chi connectivity index (χ4n) is 1.77. The van der Waals surface area contributed by atoms with Gasteiger partial charge in [-0.15, -0.1) is 10.2 Å². The van der Waals surface area contributed by atoms with Crippen LogP contribution in [0.1, 0.15) is 31.0 Å². The van der Waals surface area contributed by atoms with Gasteiger partial charge in [-0.1, -0.05) is 6.92 Å². The zero-order valence-corrected chi connectivity index (χ0v) is 8.17. The van der Waals surface area contributed by atoms with Crippen LogP contribution >= 0.6 is 0 Å². The minimum atomic E-state index is -4.42. The quantitative estimate of drug-likeness (QED) is 0.776. The lowest BCUT2D eigenvalue weighted by Gasteiger charge is -2.24. The van der Waals surface area contributed by atoms with Gasteiger partial charge in [0.15, 0.2) is 0 Å². The minimum absolute atomic E-state index is 0.123. The van der Waals surface area contributed by atoms with Crippen LogP contribution in [0.2, 0.25) is 0 Å². The second-order valence-electron chi connectivity index (χ2n) is 3.45. The van der Waals surface area contributed by atoms with Crippen LogP contribution in [-0.4, -0.2) is 21.3 Å². The summed E-state index contributed by atoms with van der Waals surface area (Å²) in [6.45, 7) is 2.69. The first-order valence-electron chi connectivity index (χ1n) is 4.77. The molecule has 1 atom stereocenters. The van der Waals surface area contributed by atoms with Gasteiger partial charge in [0.2, 0.25) is 5.82 Å². The van der Waals surface area contributed by atoms with E-state index >= 15 is 0 Å². The Bertz CT molecular complexity index is 357. The molecular weight excluding hydrogens is 209 g/mol. The Kier molecular flexibility index (Phi) is 2.41. The zero-order chi connectivity index (χ0) is 11.1. The van der Waals surface area contributed by atoms with Gasteiger partial charge >= 0.3 is 6.18 Å². The van der Waals surface area contributed by atoms with E-state index < -0.39 is 12.0 Å². The molecule has 84 valence electrons. The fourth-order valence-corrected chi connectivity index (χ4v) is 1.77. The number of hydrogen-bond donors (Lipinski definition) is 1. The van der Waals surface area contributed by atoms with Gasteiger partial charge in [0.05, 0.1) is 6.04 Å². The number of aromatic nitrogens is 3. The third kappa shape index (κ3) is 1.71. The van der Waals surface area contributed by atoms with Crippen LogP contribution in [-0.2, 0) is 12.7 Å². The van der Waals surface area contributed by atoms with Crippen LogP contribution in [0.25, 0.3) is 0 Å². The highest BCUT2D eigenvalue weighted by atomic mass is 19.4. The smallest absolute Gasteiger partial charge is 0.306 e. The minimum Gasteiger partial charge on any atom is -0.306 e. The van der Waals surface area contributed by atoms with Gasteiger partial charge in [-0.05, 0) is 6.42 Å². The van der Waals surface area contributed by atoms with Crippen LogP contribution in [0.5, 0.6) is 0 Å². The first-order chi connectivity index (χ1) is 7.04. The molecule has 1 aliphatic rings. The maximum absolute atomic E-state index is 12.5. The van der Waals surface area contributed by atoms with E-state index in [-0.39, 0.29) is 12.6 Å². The molecule has 15 heavy (non-hydrogen) atoms. The van der Waals surface area contributed by atoms with Gasteiger partial charge in [0.1, 0.15) is 5.82 Å². The van der Waals surface area contributed by atoms with E-state index in [9.17, 15) is 13.2 Å². The van der Waals surface area contributed by atoms with Crippen molar-refractivity contribution in [2.75, 3.05) is 6.54 Å². The maximum Gasteiger partial charge on any atom is 0.451 e. The number of alkyl halides is 3.